The number of aliphatic imine (C=N–C) groups is 1. The van der Waals surface area contributed by atoms with Crippen molar-refractivity contribution >= 4 is 35.6 Å². The van der Waals surface area contributed by atoms with Crippen molar-refractivity contribution in [1.82, 2.24) is 10.2 Å². The third-order valence-corrected chi connectivity index (χ3v) is 4.22. The molecule has 1 aliphatic rings. The number of aliphatic hydroxyl groups excluding tert-OH is 1. The van der Waals surface area contributed by atoms with Gasteiger partial charge >= 0.3 is 0 Å². The quantitative estimate of drug-likeness (QED) is 0.385. The van der Waals surface area contributed by atoms with E-state index in [4.69, 9.17) is 9.84 Å². The van der Waals surface area contributed by atoms with E-state index in [2.05, 4.69) is 39.2 Å². The molecule has 0 saturated carbocycles. The Balaban J connectivity index is 0.00000312. The van der Waals surface area contributed by atoms with Gasteiger partial charge in [0.1, 0.15) is 5.75 Å². The van der Waals surface area contributed by atoms with Gasteiger partial charge in [-0.1, -0.05) is 6.92 Å². The number of rotatable bonds is 6. The number of halogens is 1. The largest absolute Gasteiger partial charge is 0.497 e. The molecule has 1 atom stereocenters. The van der Waals surface area contributed by atoms with E-state index in [1.165, 1.54) is 5.69 Å². The molecule has 1 unspecified atom stereocenters. The lowest BCUT2D eigenvalue weighted by Crippen LogP contribution is -2.52. The van der Waals surface area contributed by atoms with Crippen LogP contribution in [0.1, 0.15) is 13.8 Å². The molecule has 0 amide bonds. The second kappa shape index (κ2) is 11.4. The zero-order valence-electron chi connectivity index (χ0n) is 15.4. The summed E-state index contributed by atoms with van der Waals surface area (Å²) in [7, 11) is 1.69. The highest BCUT2D eigenvalue weighted by Gasteiger charge is 2.20. The van der Waals surface area contributed by atoms with E-state index < -0.39 is 0 Å². The molecular weight excluding hydrogens is 431 g/mol. The molecule has 1 aromatic carbocycles. The van der Waals surface area contributed by atoms with Gasteiger partial charge in [-0.2, -0.15) is 0 Å². The number of nitrogens with zero attached hydrogens (tertiary/aromatic N) is 3. The molecule has 6 nitrogen and oxygen atoms in total. The molecule has 7 heteroatoms. The first-order valence-corrected chi connectivity index (χ1v) is 8.71. The van der Waals surface area contributed by atoms with Crippen molar-refractivity contribution in [3.63, 3.8) is 0 Å². The van der Waals surface area contributed by atoms with Crippen LogP contribution in [0.15, 0.2) is 29.3 Å². The van der Waals surface area contributed by atoms with E-state index in [9.17, 15) is 0 Å². The predicted octanol–water partition coefficient (Wildman–Crippen LogP) is 2.03. The summed E-state index contributed by atoms with van der Waals surface area (Å²) in [4.78, 5) is 9.35. The number of guanidine groups is 1. The van der Waals surface area contributed by atoms with Gasteiger partial charge in [-0.15, -0.1) is 24.0 Å². The Labute approximate surface area is 168 Å². The SMILES string of the molecule is CCNC(=NCC(C)CO)N1CCN(c2ccc(OC)cc2)CC1.I. The molecule has 25 heavy (non-hydrogen) atoms. The van der Waals surface area contributed by atoms with E-state index >= 15 is 0 Å². The summed E-state index contributed by atoms with van der Waals surface area (Å²) in [6.07, 6.45) is 0. The maximum atomic E-state index is 9.17. The Kier molecular flexibility index (Phi) is 9.96. The van der Waals surface area contributed by atoms with Crippen molar-refractivity contribution in [3.05, 3.63) is 24.3 Å². The van der Waals surface area contributed by atoms with Crippen molar-refractivity contribution < 1.29 is 9.84 Å². The lowest BCUT2D eigenvalue weighted by Gasteiger charge is -2.37. The molecule has 0 aliphatic carbocycles. The minimum absolute atomic E-state index is 0. The third-order valence-electron chi connectivity index (χ3n) is 4.22. The summed E-state index contributed by atoms with van der Waals surface area (Å²) in [6.45, 7) is 9.57. The monoisotopic (exact) mass is 462 g/mol. The second-order valence-electron chi connectivity index (χ2n) is 6.15. The summed E-state index contributed by atoms with van der Waals surface area (Å²) < 4.78 is 5.22. The van der Waals surface area contributed by atoms with Crippen molar-refractivity contribution in [1.29, 1.82) is 0 Å². The Morgan fingerprint density at radius 2 is 1.88 bits per heavy atom. The zero-order chi connectivity index (χ0) is 17.4. The summed E-state index contributed by atoms with van der Waals surface area (Å²) in [5, 5.41) is 12.5. The molecule has 0 bridgehead atoms. The topological polar surface area (TPSA) is 60.3 Å². The maximum Gasteiger partial charge on any atom is 0.194 e. The summed E-state index contributed by atoms with van der Waals surface area (Å²) >= 11 is 0. The van der Waals surface area contributed by atoms with Crippen LogP contribution < -0.4 is 15.0 Å². The van der Waals surface area contributed by atoms with Gasteiger partial charge in [0.15, 0.2) is 5.96 Å². The second-order valence-corrected chi connectivity index (χ2v) is 6.15. The smallest absolute Gasteiger partial charge is 0.194 e. The van der Waals surface area contributed by atoms with Crippen molar-refractivity contribution in [3.8, 4) is 5.75 Å². The average molecular weight is 462 g/mol. The van der Waals surface area contributed by atoms with Gasteiger partial charge in [0.05, 0.1) is 7.11 Å². The molecule has 1 fully saturated rings. The van der Waals surface area contributed by atoms with Crippen LogP contribution in [0.2, 0.25) is 0 Å². The standard InChI is InChI=1S/C18H30N4O2.HI/c1-4-19-18(20-13-15(2)14-23)22-11-9-21(10-12-22)16-5-7-17(24-3)8-6-16;/h5-8,15,23H,4,9-14H2,1-3H3,(H,19,20);1H. The molecule has 1 saturated heterocycles. The molecule has 0 radical (unpaired) electrons. The maximum absolute atomic E-state index is 9.17. The number of aliphatic hydroxyl groups is 1. The first-order chi connectivity index (χ1) is 11.7. The summed E-state index contributed by atoms with van der Waals surface area (Å²) in [6, 6.07) is 8.22. The van der Waals surface area contributed by atoms with Gasteiger partial charge in [-0.05, 0) is 37.1 Å². The fraction of sp³-hybridized carbons (Fsp3) is 0.611. The third kappa shape index (κ3) is 6.54. The van der Waals surface area contributed by atoms with Crippen LogP contribution in [0, 0.1) is 5.92 Å². The Morgan fingerprint density at radius 1 is 1.24 bits per heavy atom. The van der Waals surface area contributed by atoms with E-state index in [-0.39, 0.29) is 36.5 Å². The molecule has 2 N–H and O–H groups in total. The lowest BCUT2D eigenvalue weighted by molar-refractivity contribution is 0.241. The number of ether oxygens (including phenoxy) is 1. The first-order valence-electron chi connectivity index (χ1n) is 8.71. The normalized spacial score (nSPS) is 16.2. The molecule has 2 rings (SSSR count). The van der Waals surface area contributed by atoms with E-state index in [0.29, 0.717) is 6.54 Å². The van der Waals surface area contributed by atoms with Crippen LogP contribution in [0.4, 0.5) is 5.69 Å². The molecular formula is C18H31IN4O2. The molecule has 1 aliphatic heterocycles. The number of methoxy groups -OCH3 is 1. The average Bonchev–Trinajstić information content (AvgIpc) is 2.65. The van der Waals surface area contributed by atoms with Gasteiger partial charge in [-0.25, -0.2) is 0 Å². The Hall–Kier alpha value is -1.22. The van der Waals surface area contributed by atoms with Gasteiger partial charge < -0.3 is 25.0 Å². The fourth-order valence-electron chi connectivity index (χ4n) is 2.70. The number of hydrogen-bond donors (Lipinski definition) is 2. The molecule has 0 spiro atoms. The highest BCUT2D eigenvalue weighted by atomic mass is 127. The molecule has 0 aromatic heterocycles. The van der Waals surface area contributed by atoms with Gasteiger partial charge in [-0.3, -0.25) is 4.99 Å². The van der Waals surface area contributed by atoms with E-state index in [0.717, 1.165) is 44.4 Å². The van der Waals surface area contributed by atoms with Gasteiger partial charge in [0.2, 0.25) is 0 Å². The number of nitrogens with one attached hydrogen (secondary N) is 1. The van der Waals surface area contributed by atoms with Crippen LogP contribution in [0.25, 0.3) is 0 Å². The first kappa shape index (κ1) is 21.8. The minimum Gasteiger partial charge on any atom is -0.497 e. The van der Waals surface area contributed by atoms with Crippen molar-refractivity contribution in [2.24, 2.45) is 10.9 Å². The highest BCUT2D eigenvalue weighted by Crippen LogP contribution is 2.20. The van der Waals surface area contributed by atoms with Crippen LogP contribution in [0.5, 0.6) is 5.75 Å². The lowest BCUT2D eigenvalue weighted by atomic mass is 10.2. The number of piperazine rings is 1. The summed E-state index contributed by atoms with van der Waals surface area (Å²) in [5.41, 5.74) is 1.23. The van der Waals surface area contributed by atoms with Crippen molar-refractivity contribution in [2.45, 2.75) is 13.8 Å². The minimum atomic E-state index is 0. The zero-order valence-corrected chi connectivity index (χ0v) is 17.8. The van der Waals surface area contributed by atoms with Crippen LogP contribution in [-0.2, 0) is 0 Å². The Bertz CT molecular complexity index is 516. The van der Waals surface area contributed by atoms with Gasteiger partial charge in [0.25, 0.3) is 0 Å². The van der Waals surface area contributed by atoms with Crippen LogP contribution in [0.3, 0.4) is 0 Å². The van der Waals surface area contributed by atoms with E-state index in [1.807, 2.05) is 19.1 Å². The Morgan fingerprint density at radius 3 is 2.40 bits per heavy atom. The predicted molar refractivity (Wildman–Crippen MR) is 114 cm³/mol. The molecule has 142 valence electrons. The van der Waals surface area contributed by atoms with Crippen LogP contribution >= 0.6 is 24.0 Å². The summed E-state index contributed by atoms with van der Waals surface area (Å²) in [5.74, 6) is 2.03. The van der Waals surface area contributed by atoms with Gasteiger partial charge in [0, 0.05) is 51.6 Å². The number of anilines is 1. The van der Waals surface area contributed by atoms with Crippen LogP contribution in [-0.4, -0.2) is 69.0 Å². The number of benzene rings is 1. The van der Waals surface area contributed by atoms with E-state index in [1.54, 1.807) is 7.11 Å². The fourth-order valence-corrected chi connectivity index (χ4v) is 2.70. The highest BCUT2D eigenvalue weighted by molar-refractivity contribution is 14.0. The van der Waals surface area contributed by atoms with Crippen molar-refractivity contribution in [2.75, 3.05) is 57.9 Å². The molecule has 1 aromatic rings. The molecule has 1 heterocycles. The number of hydrogen-bond acceptors (Lipinski definition) is 4.